The highest BCUT2D eigenvalue weighted by molar-refractivity contribution is 7.07. The van der Waals surface area contributed by atoms with Crippen LogP contribution >= 0.6 is 11.3 Å². The van der Waals surface area contributed by atoms with Gasteiger partial charge in [-0.15, -0.1) is 0 Å². The first kappa shape index (κ1) is 22.2. The van der Waals surface area contributed by atoms with Crippen molar-refractivity contribution in [3.63, 3.8) is 0 Å². The smallest absolute Gasteiger partial charge is 0.122 e. The maximum atomic E-state index is 5.65. The van der Waals surface area contributed by atoms with Crippen LogP contribution in [0.3, 0.4) is 0 Å². The summed E-state index contributed by atoms with van der Waals surface area (Å²) in [5.74, 6) is 0.906. The normalized spacial score (nSPS) is 12.1. The van der Waals surface area contributed by atoms with Crippen LogP contribution in [0.5, 0.6) is 5.75 Å². The lowest BCUT2D eigenvalue weighted by molar-refractivity contribution is 0.410. The van der Waals surface area contributed by atoms with E-state index in [2.05, 4.69) is 76.5 Å². The maximum absolute atomic E-state index is 5.65. The zero-order valence-corrected chi connectivity index (χ0v) is 19.9. The predicted molar refractivity (Wildman–Crippen MR) is 130 cm³/mol. The van der Waals surface area contributed by atoms with Gasteiger partial charge in [0.2, 0.25) is 0 Å². The lowest BCUT2D eigenvalue weighted by atomic mass is 9.99. The Kier molecular flexibility index (Phi) is 7.02. The van der Waals surface area contributed by atoms with E-state index in [0.717, 1.165) is 42.2 Å². The molecule has 0 radical (unpaired) electrons. The van der Waals surface area contributed by atoms with E-state index in [0.29, 0.717) is 0 Å². The van der Waals surface area contributed by atoms with Gasteiger partial charge in [-0.2, -0.15) is 16.4 Å². The van der Waals surface area contributed by atoms with Gasteiger partial charge in [-0.3, -0.25) is 10.1 Å². The second kappa shape index (κ2) is 10.1. The van der Waals surface area contributed by atoms with Gasteiger partial charge < -0.3 is 10.1 Å². The van der Waals surface area contributed by atoms with Crippen LogP contribution in [-0.4, -0.2) is 22.3 Å². The Morgan fingerprint density at radius 1 is 1.09 bits per heavy atom. The fourth-order valence-corrected chi connectivity index (χ4v) is 4.64. The topological polar surface area (TPSA) is 62.8 Å². The van der Waals surface area contributed by atoms with Gasteiger partial charge in [0, 0.05) is 30.4 Å². The molecule has 2 N–H and O–H groups in total. The van der Waals surface area contributed by atoms with E-state index >= 15 is 0 Å². The minimum absolute atomic E-state index is 0.147. The molecule has 0 aliphatic carbocycles. The fraction of sp³-hybridized carbons (Fsp3) is 0.308. The van der Waals surface area contributed by atoms with E-state index in [1.165, 1.54) is 27.8 Å². The Labute approximate surface area is 193 Å². The molecule has 0 bridgehead atoms. The first-order valence-electron chi connectivity index (χ1n) is 10.9. The van der Waals surface area contributed by atoms with Gasteiger partial charge in [0.15, 0.2) is 0 Å². The molecule has 4 rings (SSSR count). The van der Waals surface area contributed by atoms with Crippen molar-refractivity contribution in [2.75, 3.05) is 7.11 Å². The summed E-state index contributed by atoms with van der Waals surface area (Å²) in [4.78, 5) is 4.70. The number of ether oxygens (including phenoxy) is 1. The van der Waals surface area contributed by atoms with Crippen molar-refractivity contribution >= 4 is 11.3 Å². The fourth-order valence-electron chi connectivity index (χ4n) is 3.96. The average Bonchev–Trinajstić information content (AvgIpc) is 3.42. The molecule has 0 saturated heterocycles. The summed E-state index contributed by atoms with van der Waals surface area (Å²) in [6.07, 6.45) is 3.65. The lowest BCUT2D eigenvalue weighted by Crippen LogP contribution is -2.24. The molecule has 3 heterocycles. The Bertz CT molecular complexity index is 1130. The predicted octanol–water partition coefficient (Wildman–Crippen LogP) is 5.46. The summed E-state index contributed by atoms with van der Waals surface area (Å²) in [5.41, 5.74) is 9.34. The minimum atomic E-state index is 0.147. The second-order valence-electron chi connectivity index (χ2n) is 8.27. The quantitative estimate of drug-likeness (QED) is 0.358. The van der Waals surface area contributed by atoms with Gasteiger partial charge in [0.25, 0.3) is 0 Å². The third kappa shape index (κ3) is 5.26. The largest absolute Gasteiger partial charge is 0.496 e. The van der Waals surface area contributed by atoms with E-state index in [-0.39, 0.29) is 6.04 Å². The number of thiophene rings is 1. The molecule has 1 aromatic carbocycles. The molecule has 6 heteroatoms. The van der Waals surface area contributed by atoms with E-state index in [1.807, 2.05) is 13.1 Å². The lowest BCUT2D eigenvalue weighted by Gasteiger charge is -2.19. The van der Waals surface area contributed by atoms with Gasteiger partial charge >= 0.3 is 0 Å². The van der Waals surface area contributed by atoms with Gasteiger partial charge in [-0.1, -0.05) is 18.2 Å². The van der Waals surface area contributed by atoms with E-state index in [9.17, 15) is 0 Å². The van der Waals surface area contributed by atoms with Crippen LogP contribution in [0.15, 0.2) is 53.4 Å². The molecule has 3 aromatic heterocycles. The highest BCUT2D eigenvalue weighted by Gasteiger charge is 2.15. The molecule has 0 spiro atoms. The van der Waals surface area contributed by atoms with Crippen molar-refractivity contribution in [2.45, 2.75) is 46.2 Å². The van der Waals surface area contributed by atoms with Crippen LogP contribution in [0.25, 0.3) is 0 Å². The van der Waals surface area contributed by atoms with Crippen molar-refractivity contribution in [3.05, 3.63) is 98.3 Å². The number of benzene rings is 1. The summed E-state index contributed by atoms with van der Waals surface area (Å²) < 4.78 is 5.65. The Morgan fingerprint density at radius 2 is 1.97 bits per heavy atom. The van der Waals surface area contributed by atoms with Crippen molar-refractivity contribution in [2.24, 2.45) is 0 Å². The van der Waals surface area contributed by atoms with Crippen molar-refractivity contribution in [3.8, 4) is 5.75 Å². The molecular formula is C26H30N4OS. The molecule has 0 amide bonds. The second-order valence-corrected chi connectivity index (χ2v) is 9.05. The summed E-state index contributed by atoms with van der Waals surface area (Å²) in [5, 5.41) is 15.5. The molecule has 0 saturated carbocycles. The molecule has 4 aromatic rings. The Morgan fingerprint density at radius 3 is 2.62 bits per heavy atom. The number of hydrogen-bond donors (Lipinski definition) is 2. The van der Waals surface area contributed by atoms with Gasteiger partial charge in [0.05, 0.1) is 24.5 Å². The Balaban J connectivity index is 1.54. The number of aryl methyl sites for hydroxylation is 3. The first-order valence-corrected chi connectivity index (χ1v) is 11.8. The molecule has 0 fully saturated rings. The van der Waals surface area contributed by atoms with Crippen LogP contribution in [0.2, 0.25) is 0 Å². The number of methoxy groups -OCH3 is 1. The molecule has 0 unspecified atom stereocenters. The third-order valence-corrected chi connectivity index (χ3v) is 6.59. The van der Waals surface area contributed by atoms with Crippen LogP contribution in [-0.2, 0) is 19.4 Å². The van der Waals surface area contributed by atoms with Gasteiger partial charge in [-0.05, 0) is 78.4 Å². The summed E-state index contributed by atoms with van der Waals surface area (Å²) >= 11 is 1.73. The summed E-state index contributed by atoms with van der Waals surface area (Å²) in [7, 11) is 1.73. The zero-order valence-electron chi connectivity index (χ0n) is 19.1. The number of hydrogen-bond acceptors (Lipinski definition) is 5. The minimum Gasteiger partial charge on any atom is -0.496 e. The number of H-pyrrole nitrogens is 1. The van der Waals surface area contributed by atoms with Gasteiger partial charge in [-0.25, -0.2) is 0 Å². The molecular weight excluding hydrogens is 416 g/mol. The summed E-state index contributed by atoms with van der Waals surface area (Å²) in [6.45, 7) is 6.93. The SMILES string of the molecule is COc1ccc(CN[C@@H](Cc2ccsc2)c2ccc(C)cn2)cc1Cc1c(C)n[nH]c1C. The van der Waals surface area contributed by atoms with E-state index < -0.39 is 0 Å². The maximum Gasteiger partial charge on any atom is 0.122 e. The van der Waals surface area contributed by atoms with Crippen LogP contribution in [0.1, 0.15) is 50.9 Å². The van der Waals surface area contributed by atoms with Gasteiger partial charge in [0.1, 0.15) is 5.75 Å². The van der Waals surface area contributed by atoms with Crippen LogP contribution < -0.4 is 10.1 Å². The Hall–Kier alpha value is -2.96. The molecule has 166 valence electrons. The number of rotatable bonds is 9. The zero-order chi connectivity index (χ0) is 22.5. The van der Waals surface area contributed by atoms with Crippen molar-refractivity contribution < 1.29 is 4.74 Å². The molecule has 32 heavy (non-hydrogen) atoms. The summed E-state index contributed by atoms with van der Waals surface area (Å²) in [6, 6.07) is 13.0. The molecule has 5 nitrogen and oxygen atoms in total. The first-order chi connectivity index (χ1) is 15.5. The average molecular weight is 447 g/mol. The highest BCUT2D eigenvalue weighted by Crippen LogP contribution is 2.26. The monoisotopic (exact) mass is 446 g/mol. The molecule has 1 atom stereocenters. The third-order valence-electron chi connectivity index (χ3n) is 5.86. The van der Waals surface area contributed by atoms with Crippen LogP contribution in [0.4, 0.5) is 0 Å². The highest BCUT2D eigenvalue weighted by atomic mass is 32.1. The van der Waals surface area contributed by atoms with Crippen LogP contribution in [0, 0.1) is 20.8 Å². The van der Waals surface area contributed by atoms with Crippen molar-refractivity contribution in [1.29, 1.82) is 0 Å². The van der Waals surface area contributed by atoms with E-state index in [1.54, 1.807) is 18.4 Å². The number of aromatic amines is 1. The number of aromatic nitrogens is 3. The molecule has 0 aliphatic heterocycles. The molecule has 0 aliphatic rings. The number of pyridine rings is 1. The number of nitrogens with zero attached hydrogens (tertiary/aromatic N) is 2. The number of nitrogens with one attached hydrogen (secondary N) is 2. The van der Waals surface area contributed by atoms with E-state index in [4.69, 9.17) is 9.72 Å². The standard InChI is InChI=1S/C26H30N4OS/c1-17-5-7-24(27-14-17)25(12-21-9-10-32-16-21)28-15-20-6-8-26(31-4)22(11-20)13-23-18(2)29-30-19(23)3/h5-11,14,16,25,28H,12-13,15H2,1-4H3,(H,29,30)/t25-/m0/s1. The van der Waals surface area contributed by atoms with Crippen molar-refractivity contribution in [1.82, 2.24) is 20.5 Å².